The molecule has 0 spiro atoms. The van der Waals surface area contributed by atoms with Crippen LogP contribution in [0.3, 0.4) is 0 Å². The van der Waals surface area contributed by atoms with Gasteiger partial charge in [0.25, 0.3) is 0 Å². The van der Waals surface area contributed by atoms with Crippen molar-refractivity contribution in [1.29, 1.82) is 0 Å². The average molecular weight is 344 g/mol. The van der Waals surface area contributed by atoms with E-state index in [0.29, 0.717) is 5.56 Å². The van der Waals surface area contributed by atoms with Crippen LogP contribution in [0.15, 0.2) is 22.7 Å². The molecule has 20 heavy (non-hydrogen) atoms. The minimum atomic E-state index is -1.50. The Hall–Kier alpha value is -1.43. The van der Waals surface area contributed by atoms with Crippen molar-refractivity contribution in [2.45, 2.75) is 38.3 Å². The predicted octanol–water partition coefficient (Wildman–Crippen LogP) is 2.90. The Morgan fingerprint density at radius 1 is 1.45 bits per heavy atom. The molecule has 1 atom stereocenters. The summed E-state index contributed by atoms with van der Waals surface area (Å²) in [6, 6.07) is 3.97. The summed E-state index contributed by atoms with van der Waals surface area (Å²) in [6.45, 7) is 2.84. The summed E-state index contributed by atoms with van der Waals surface area (Å²) in [6.07, 6.45) is 1.59. The predicted molar refractivity (Wildman–Crippen MR) is 74.6 cm³/mol. The number of carboxylic acid groups (broad SMARTS) is 1. The van der Waals surface area contributed by atoms with Gasteiger partial charge >= 0.3 is 5.97 Å². The topological polar surface area (TPSA) is 57.6 Å². The molecule has 4 nitrogen and oxygen atoms in total. The Morgan fingerprint density at radius 3 is 2.45 bits per heavy atom. The number of carboxylic acids is 1. The lowest BCUT2D eigenvalue weighted by Gasteiger charge is -2.38. The van der Waals surface area contributed by atoms with Gasteiger partial charge in [-0.25, -0.2) is 9.18 Å². The molecular weight excluding hydrogens is 329 g/mol. The zero-order valence-corrected chi connectivity index (χ0v) is 12.8. The second-order valence-corrected chi connectivity index (χ2v) is 5.98. The average Bonchev–Trinajstić information content (AvgIpc) is 3.16. The highest BCUT2D eigenvalue weighted by Crippen LogP contribution is 2.39. The lowest BCUT2D eigenvalue weighted by atomic mass is 9.89. The van der Waals surface area contributed by atoms with Crippen molar-refractivity contribution >= 4 is 27.8 Å². The number of carbonyl (C=O) groups excluding carboxylic acids is 1. The number of rotatable bonds is 4. The van der Waals surface area contributed by atoms with Crippen LogP contribution in [0.2, 0.25) is 0 Å². The van der Waals surface area contributed by atoms with Gasteiger partial charge in [-0.3, -0.25) is 4.79 Å². The second kappa shape index (κ2) is 5.16. The van der Waals surface area contributed by atoms with Crippen LogP contribution in [0.25, 0.3) is 0 Å². The van der Waals surface area contributed by atoms with Crippen LogP contribution in [0.1, 0.15) is 32.3 Å². The summed E-state index contributed by atoms with van der Waals surface area (Å²) in [7, 11) is 0. The Bertz CT molecular complexity index is 574. The third-order valence-electron chi connectivity index (χ3n) is 3.63. The molecule has 0 saturated heterocycles. The first-order chi connectivity index (χ1) is 9.28. The molecule has 108 valence electrons. The Labute approximate surface area is 124 Å². The van der Waals surface area contributed by atoms with E-state index in [0.717, 1.165) is 12.8 Å². The molecular formula is C14H15BrFNO3. The molecule has 1 aliphatic carbocycles. The third-order valence-corrected chi connectivity index (χ3v) is 4.24. The van der Waals surface area contributed by atoms with E-state index < -0.39 is 17.3 Å². The monoisotopic (exact) mass is 343 g/mol. The van der Waals surface area contributed by atoms with Crippen LogP contribution in [-0.2, 0) is 15.1 Å². The molecule has 1 unspecified atom stereocenters. The number of benzene rings is 1. The van der Waals surface area contributed by atoms with E-state index in [1.54, 1.807) is 0 Å². The molecule has 1 aliphatic rings. The lowest BCUT2D eigenvalue weighted by molar-refractivity contribution is -0.159. The molecule has 0 bridgehead atoms. The van der Waals surface area contributed by atoms with Gasteiger partial charge in [-0.05, 0) is 53.4 Å². The number of carbonyl (C=O) groups is 2. The third kappa shape index (κ3) is 2.44. The van der Waals surface area contributed by atoms with Crippen molar-refractivity contribution in [1.82, 2.24) is 4.90 Å². The van der Waals surface area contributed by atoms with Crippen LogP contribution in [0.4, 0.5) is 4.39 Å². The van der Waals surface area contributed by atoms with Gasteiger partial charge in [-0.1, -0.05) is 6.07 Å². The van der Waals surface area contributed by atoms with Crippen LogP contribution < -0.4 is 0 Å². The van der Waals surface area contributed by atoms with E-state index in [1.807, 2.05) is 0 Å². The normalized spacial score (nSPS) is 17.4. The molecule has 1 amide bonds. The maximum absolute atomic E-state index is 13.3. The van der Waals surface area contributed by atoms with Gasteiger partial charge in [0.2, 0.25) is 5.91 Å². The number of hydrogen-bond acceptors (Lipinski definition) is 2. The van der Waals surface area contributed by atoms with Crippen LogP contribution in [0, 0.1) is 5.82 Å². The molecule has 1 aromatic rings. The van der Waals surface area contributed by atoms with Crippen molar-refractivity contribution in [3.8, 4) is 0 Å². The largest absolute Gasteiger partial charge is 0.479 e. The quantitative estimate of drug-likeness (QED) is 0.914. The minimum absolute atomic E-state index is 0.0579. The second-order valence-electron chi connectivity index (χ2n) is 5.13. The van der Waals surface area contributed by atoms with Crippen LogP contribution in [0.5, 0.6) is 0 Å². The Kier molecular flexibility index (Phi) is 3.86. The molecule has 0 radical (unpaired) electrons. The first-order valence-corrected chi connectivity index (χ1v) is 7.06. The molecule has 1 fully saturated rings. The van der Waals surface area contributed by atoms with Crippen molar-refractivity contribution in [3.05, 3.63) is 34.1 Å². The van der Waals surface area contributed by atoms with Gasteiger partial charge in [-0.2, -0.15) is 0 Å². The number of hydrogen-bond donors (Lipinski definition) is 1. The fraction of sp³-hybridized carbons (Fsp3) is 0.429. The first-order valence-electron chi connectivity index (χ1n) is 6.27. The highest BCUT2D eigenvalue weighted by atomic mass is 79.9. The summed E-state index contributed by atoms with van der Waals surface area (Å²) in [5.74, 6) is -1.89. The summed E-state index contributed by atoms with van der Waals surface area (Å²) < 4.78 is 13.5. The van der Waals surface area contributed by atoms with Crippen LogP contribution in [-0.4, -0.2) is 27.9 Å². The van der Waals surface area contributed by atoms with Crippen molar-refractivity contribution < 1.29 is 19.1 Å². The van der Waals surface area contributed by atoms with E-state index in [2.05, 4.69) is 15.9 Å². The Morgan fingerprint density at radius 2 is 2.05 bits per heavy atom. The number of nitrogens with zero attached hydrogens (tertiary/aromatic N) is 1. The van der Waals surface area contributed by atoms with E-state index >= 15 is 0 Å². The maximum Gasteiger partial charge on any atom is 0.334 e. The number of aliphatic carboxylic acids is 1. The van der Waals surface area contributed by atoms with Crippen molar-refractivity contribution in [2.75, 3.05) is 0 Å². The molecule has 0 aliphatic heterocycles. The Balaban J connectivity index is 2.55. The summed E-state index contributed by atoms with van der Waals surface area (Å²) >= 11 is 3.06. The molecule has 6 heteroatoms. The fourth-order valence-electron chi connectivity index (χ4n) is 2.43. The van der Waals surface area contributed by atoms with E-state index in [-0.39, 0.29) is 16.4 Å². The van der Waals surface area contributed by atoms with Gasteiger partial charge in [0.1, 0.15) is 5.82 Å². The van der Waals surface area contributed by atoms with Gasteiger partial charge in [0.05, 0.1) is 4.47 Å². The highest BCUT2D eigenvalue weighted by molar-refractivity contribution is 9.10. The standard InChI is InChI=1S/C14H15BrFNO3/c1-8(18)17(10-4-5-10)14(2,13(19)20)9-3-6-12(16)11(15)7-9/h3,6-7,10H,4-5H2,1-2H3,(H,19,20). The molecule has 1 aromatic carbocycles. The van der Waals surface area contributed by atoms with Gasteiger partial charge in [-0.15, -0.1) is 0 Å². The molecule has 1 N–H and O–H groups in total. The molecule has 1 saturated carbocycles. The van der Waals surface area contributed by atoms with Gasteiger partial charge in [0.15, 0.2) is 5.54 Å². The number of halogens is 2. The first kappa shape index (κ1) is 15.0. The molecule has 2 rings (SSSR count). The summed E-state index contributed by atoms with van der Waals surface area (Å²) in [4.78, 5) is 25.1. The smallest absolute Gasteiger partial charge is 0.334 e. The minimum Gasteiger partial charge on any atom is -0.479 e. The van der Waals surface area contributed by atoms with Gasteiger partial charge < -0.3 is 10.0 Å². The highest BCUT2D eigenvalue weighted by Gasteiger charge is 2.49. The number of amides is 1. The molecule has 0 aromatic heterocycles. The molecule has 0 heterocycles. The lowest BCUT2D eigenvalue weighted by Crippen LogP contribution is -2.53. The summed E-state index contributed by atoms with van der Waals surface area (Å²) in [5, 5.41) is 9.64. The van der Waals surface area contributed by atoms with E-state index in [1.165, 1.54) is 36.9 Å². The van der Waals surface area contributed by atoms with Crippen LogP contribution >= 0.6 is 15.9 Å². The van der Waals surface area contributed by atoms with Crippen molar-refractivity contribution in [3.63, 3.8) is 0 Å². The summed E-state index contributed by atoms with van der Waals surface area (Å²) in [5.41, 5.74) is -1.12. The zero-order chi connectivity index (χ0) is 15.1. The van der Waals surface area contributed by atoms with Gasteiger partial charge in [0, 0.05) is 13.0 Å². The maximum atomic E-state index is 13.3. The van der Waals surface area contributed by atoms with E-state index in [9.17, 15) is 19.1 Å². The fourth-order valence-corrected chi connectivity index (χ4v) is 2.81. The van der Waals surface area contributed by atoms with E-state index in [4.69, 9.17) is 0 Å². The SMILES string of the molecule is CC(=O)N(C1CC1)C(C)(C(=O)O)c1ccc(F)c(Br)c1. The van der Waals surface area contributed by atoms with Crippen molar-refractivity contribution in [2.24, 2.45) is 0 Å². The zero-order valence-electron chi connectivity index (χ0n) is 11.2.